The Balaban J connectivity index is 2.11. The van der Waals surface area contributed by atoms with Crippen LogP contribution in [0.1, 0.15) is 37.7 Å². The molecule has 1 N–H and O–H groups in total. The van der Waals surface area contributed by atoms with Gasteiger partial charge in [0.1, 0.15) is 0 Å². The largest absolute Gasteiger partial charge is 0.379 e. The van der Waals surface area contributed by atoms with Crippen LogP contribution in [0.5, 0.6) is 0 Å². The Labute approximate surface area is 126 Å². The zero-order chi connectivity index (χ0) is 14.5. The predicted octanol–water partition coefficient (Wildman–Crippen LogP) is 4.29. The molecule has 108 valence electrons. The van der Waals surface area contributed by atoms with Crippen molar-refractivity contribution in [3.63, 3.8) is 0 Å². The maximum Gasteiger partial charge on any atom is 0.0868 e. The van der Waals surface area contributed by atoms with Crippen LogP contribution in [-0.4, -0.2) is 9.78 Å². The number of aromatic nitrogens is 2. The number of benzene rings is 1. The zero-order valence-electron chi connectivity index (χ0n) is 12.4. The number of hydrogen-bond donors (Lipinski definition) is 1. The summed E-state index contributed by atoms with van der Waals surface area (Å²) in [5.74, 6) is 0. The van der Waals surface area contributed by atoms with Gasteiger partial charge in [-0.15, -0.1) is 0 Å². The molecule has 0 aliphatic heterocycles. The van der Waals surface area contributed by atoms with Gasteiger partial charge < -0.3 is 5.32 Å². The minimum absolute atomic E-state index is 0.700. The summed E-state index contributed by atoms with van der Waals surface area (Å²) in [6, 6.07) is 8.53. The van der Waals surface area contributed by atoms with Gasteiger partial charge in [0.05, 0.1) is 23.0 Å². The van der Waals surface area contributed by atoms with E-state index in [4.69, 9.17) is 11.6 Å². The van der Waals surface area contributed by atoms with Gasteiger partial charge in [0.15, 0.2) is 0 Å². The normalized spacial score (nSPS) is 10.8. The predicted molar refractivity (Wildman–Crippen MR) is 85.4 cm³/mol. The number of hydrogen-bond acceptors (Lipinski definition) is 2. The molecule has 1 aromatic heterocycles. The standard InChI is InChI=1S/C16H22ClN3/c1-4-12-7-9-13(10-8-12)18-11-15-16(17)14(5-2)19-20(15)6-3/h7-10,18H,4-6,11H2,1-3H3. The van der Waals surface area contributed by atoms with E-state index in [-0.39, 0.29) is 0 Å². The SMILES string of the molecule is CCc1ccc(NCc2c(Cl)c(CC)nn2CC)cc1. The van der Waals surface area contributed by atoms with E-state index in [0.717, 1.165) is 41.5 Å². The molecule has 1 heterocycles. The van der Waals surface area contributed by atoms with Crippen molar-refractivity contribution in [2.45, 2.75) is 46.7 Å². The molecule has 0 aliphatic rings. The van der Waals surface area contributed by atoms with Crippen LogP contribution in [0.2, 0.25) is 5.02 Å². The van der Waals surface area contributed by atoms with E-state index in [2.05, 4.69) is 55.5 Å². The lowest BCUT2D eigenvalue weighted by Gasteiger charge is -2.09. The van der Waals surface area contributed by atoms with Gasteiger partial charge in [0.25, 0.3) is 0 Å². The van der Waals surface area contributed by atoms with Gasteiger partial charge in [-0.3, -0.25) is 4.68 Å². The van der Waals surface area contributed by atoms with E-state index in [9.17, 15) is 0 Å². The minimum Gasteiger partial charge on any atom is -0.379 e. The fraction of sp³-hybridized carbons (Fsp3) is 0.438. The maximum absolute atomic E-state index is 6.40. The topological polar surface area (TPSA) is 29.9 Å². The minimum atomic E-state index is 0.700. The molecular formula is C16H22ClN3. The molecule has 0 aliphatic carbocycles. The molecule has 4 heteroatoms. The van der Waals surface area contributed by atoms with Crippen LogP contribution in [0.15, 0.2) is 24.3 Å². The Morgan fingerprint density at radius 1 is 1.10 bits per heavy atom. The van der Waals surface area contributed by atoms with E-state index < -0.39 is 0 Å². The summed E-state index contributed by atoms with van der Waals surface area (Å²) >= 11 is 6.40. The summed E-state index contributed by atoms with van der Waals surface area (Å²) in [6.07, 6.45) is 1.93. The lowest BCUT2D eigenvalue weighted by Crippen LogP contribution is -2.08. The van der Waals surface area contributed by atoms with E-state index in [1.807, 2.05) is 4.68 Å². The first kappa shape index (κ1) is 14.9. The molecule has 0 amide bonds. The average Bonchev–Trinajstić information content (AvgIpc) is 2.81. The summed E-state index contributed by atoms with van der Waals surface area (Å²) in [7, 11) is 0. The summed E-state index contributed by atoms with van der Waals surface area (Å²) in [5.41, 5.74) is 4.50. The molecule has 20 heavy (non-hydrogen) atoms. The molecular weight excluding hydrogens is 270 g/mol. The maximum atomic E-state index is 6.40. The van der Waals surface area contributed by atoms with Crippen molar-refractivity contribution in [3.8, 4) is 0 Å². The fourth-order valence-electron chi connectivity index (χ4n) is 2.23. The van der Waals surface area contributed by atoms with Crippen molar-refractivity contribution in [3.05, 3.63) is 46.2 Å². The Bertz CT molecular complexity index is 558. The fourth-order valence-corrected chi connectivity index (χ4v) is 2.57. The molecule has 0 bridgehead atoms. The van der Waals surface area contributed by atoms with E-state index in [1.54, 1.807) is 0 Å². The third-order valence-corrected chi connectivity index (χ3v) is 3.95. The quantitative estimate of drug-likeness (QED) is 0.860. The highest BCUT2D eigenvalue weighted by atomic mass is 35.5. The van der Waals surface area contributed by atoms with Gasteiger partial charge in [-0.2, -0.15) is 5.10 Å². The number of anilines is 1. The Morgan fingerprint density at radius 3 is 2.35 bits per heavy atom. The van der Waals surface area contributed by atoms with Crippen LogP contribution in [0.4, 0.5) is 5.69 Å². The summed E-state index contributed by atoms with van der Waals surface area (Å²) in [4.78, 5) is 0. The summed E-state index contributed by atoms with van der Waals surface area (Å²) in [6.45, 7) is 7.86. The van der Waals surface area contributed by atoms with Gasteiger partial charge >= 0.3 is 0 Å². The van der Waals surface area contributed by atoms with E-state index in [1.165, 1.54) is 5.56 Å². The first-order valence-corrected chi connectivity index (χ1v) is 7.64. The van der Waals surface area contributed by atoms with Crippen molar-refractivity contribution < 1.29 is 0 Å². The molecule has 0 saturated heterocycles. The summed E-state index contributed by atoms with van der Waals surface area (Å²) in [5, 5.41) is 8.75. The third-order valence-electron chi connectivity index (χ3n) is 3.52. The van der Waals surface area contributed by atoms with Crippen LogP contribution < -0.4 is 5.32 Å². The van der Waals surface area contributed by atoms with Gasteiger partial charge in [0.2, 0.25) is 0 Å². The van der Waals surface area contributed by atoms with Crippen LogP contribution in [0, 0.1) is 0 Å². The molecule has 1 aromatic carbocycles. The second-order valence-corrected chi connectivity index (χ2v) is 5.16. The molecule has 0 unspecified atom stereocenters. The van der Waals surface area contributed by atoms with Gasteiger partial charge in [0, 0.05) is 12.2 Å². The van der Waals surface area contributed by atoms with Gasteiger partial charge in [-0.25, -0.2) is 0 Å². The first-order valence-electron chi connectivity index (χ1n) is 7.26. The number of halogens is 1. The smallest absolute Gasteiger partial charge is 0.0868 e. The van der Waals surface area contributed by atoms with Gasteiger partial charge in [-0.05, 0) is 37.5 Å². The number of aryl methyl sites for hydroxylation is 3. The molecule has 3 nitrogen and oxygen atoms in total. The number of rotatable bonds is 6. The van der Waals surface area contributed by atoms with Crippen LogP contribution in [-0.2, 0) is 25.9 Å². The zero-order valence-corrected chi connectivity index (χ0v) is 13.2. The van der Waals surface area contributed by atoms with Crippen molar-refractivity contribution in [1.82, 2.24) is 9.78 Å². The van der Waals surface area contributed by atoms with Crippen molar-refractivity contribution in [1.29, 1.82) is 0 Å². The van der Waals surface area contributed by atoms with Crippen LogP contribution in [0.25, 0.3) is 0 Å². The first-order chi connectivity index (χ1) is 9.69. The van der Waals surface area contributed by atoms with E-state index >= 15 is 0 Å². The molecule has 0 saturated carbocycles. The lowest BCUT2D eigenvalue weighted by atomic mass is 10.1. The summed E-state index contributed by atoms with van der Waals surface area (Å²) < 4.78 is 1.98. The second-order valence-electron chi connectivity index (χ2n) is 4.78. The second kappa shape index (κ2) is 6.80. The molecule has 2 aromatic rings. The lowest BCUT2D eigenvalue weighted by molar-refractivity contribution is 0.619. The van der Waals surface area contributed by atoms with Crippen molar-refractivity contribution in [2.24, 2.45) is 0 Å². The number of nitrogens with one attached hydrogen (secondary N) is 1. The average molecular weight is 292 g/mol. The highest BCUT2D eigenvalue weighted by molar-refractivity contribution is 6.31. The van der Waals surface area contributed by atoms with Crippen LogP contribution >= 0.6 is 11.6 Å². The molecule has 2 rings (SSSR count). The van der Waals surface area contributed by atoms with E-state index in [0.29, 0.717) is 6.54 Å². The third kappa shape index (κ3) is 3.15. The van der Waals surface area contributed by atoms with Crippen molar-refractivity contribution in [2.75, 3.05) is 5.32 Å². The molecule has 0 radical (unpaired) electrons. The number of nitrogens with zero attached hydrogens (tertiary/aromatic N) is 2. The Morgan fingerprint density at radius 2 is 1.80 bits per heavy atom. The van der Waals surface area contributed by atoms with Crippen molar-refractivity contribution >= 4 is 17.3 Å². The highest BCUT2D eigenvalue weighted by Gasteiger charge is 2.13. The van der Waals surface area contributed by atoms with Crippen LogP contribution in [0.3, 0.4) is 0 Å². The molecule has 0 fully saturated rings. The molecule has 0 spiro atoms. The Hall–Kier alpha value is -1.48. The Kier molecular flexibility index (Phi) is 5.07. The van der Waals surface area contributed by atoms with Gasteiger partial charge in [-0.1, -0.05) is 37.6 Å². The monoisotopic (exact) mass is 291 g/mol. The molecule has 0 atom stereocenters. The highest BCUT2D eigenvalue weighted by Crippen LogP contribution is 2.22.